The van der Waals surface area contributed by atoms with Crippen LogP contribution >= 0.6 is 0 Å². The summed E-state index contributed by atoms with van der Waals surface area (Å²) in [5.74, 6) is 0. The van der Waals surface area contributed by atoms with Gasteiger partial charge in [-0.25, -0.2) is 0 Å². The molecule has 2 aliphatic rings. The minimum Gasteiger partial charge on any atom is -0.307 e. The molecule has 2 nitrogen and oxygen atoms in total. The number of halogens is 1. The van der Waals surface area contributed by atoms with Crippen LogP contribution in [0.15, 0.2) is 0 Å². The van der Waals surface area contributed by atoms with Gasteiger partial charge in [0.25, 0.3) is 0 Å². The van der Waals surface area contributed by atoms with Crippen LogP contribution in [-0.2, 0) is 0 Å². The summed E-state index contributed by atoms with van der Waals surface area (Å²) >= 11 is 0. The Bertz CT molecular complexity index is 168. The fourth-order valence-corrected chi connectivity index (χ4v) is 2.18. The van der Waals surface area contributed by atoms with E-state index in [4.69, 9.17) is 0 Å². The van der Waals surface area contributed by atoms with Gasteiger partial charge >= 0.3 is 0 Å². The van der Waals surface area contributed by atoms with Crippen LogP contribution in [0.4, 0.5) is 4.48 Å². The molecule has 1 atom stereocenters. The van der Waals surface area contributed by atoms with Gasteiger partial charge in [0.1, 0.15) is 0 Å². The smallest absolute Gasteiger partial charge is 0.0445 e. The lowest BCUT2D eigenvalue weighted by atomic mass is 9.78. The Balaban J connectivity index is 1.79. The van der Waals surface area contributed by atoms with Crippen LogP contribution in [0.1, 0.15) is 32.6 Å². The summed E-state index contributed by atoms with van der Waals surface area (Å²) in [6.45, 7) is 3.43. The van der Waals surface area contributed by atoms with Crippen molar-refractivity contribution >= 4 is 0 Å². The highest BCUT2D eigenvalue weighted by Crippen LogP contribution is 2.32. The number of hydrogen-bond donors (Lipinski definition) is 1. The van der Waals surface area contributed by atoms with Crippen molar-refractivity contribution in [3.8, 4) is 0 Å². The molecule has 1 aliphatic heterocycles. The van der Waals surface area contributed by atoms with Crippen LogP contribution in [0.3, 0.4) is 0 Å². The highest BCUT2D eigenvalue weighted by Gasteiger charge is 2.35. The molecule has 0 bridgehead atoms. The molecule has 0 aromatic heterocycles. The van der Waals surface area contributed by atoms with Crippen molar-refractivity contribution in [1.82, 2.24) is 10.4 Å². The van der Waals surface area contributed by atoms with E-state index in [0.29, 0.717) is 24.7 Å². The molecule has 1 saturated carbocycles. The van der Waals surface area contributed by atoms with Gasteiger partial charge in [0, 0.05) is 24.7 Å². The summed E-state index contributed by atoms with van der Waals surface area (Å²) in [7, 11) is 0. The number of nitrogens with one attached hydrogen (secondary N) is 1. The standard InChI is InChI=1S/C9H17FN2/c1-9(4-2-5-9)11-8-3-6-12(10)7-8/h8,11H,2-7H2,1H3. The monoisotopic (exact) mass is 172 g/mol. The zero-order valence-corrected chi connectivity index (χ0v) is 7.65. The molecule has 1 aliphatic carbocycles. The summed E-state index contributed by atoms with van der Waals surface area (Å²) in [5, 5.41) is 4.46. The summed E-state index contributed by atoms with van der Waals surface area (Å²) in [4.78, 5) is 0. The Kier molecular flexibility index (Phi) is 2.09. The molecule has 2 fully saturated rings. The zero-order chi connectivity index (χ0) is 8.60. The second-order valence-corrected chi connectivity index (χ2v) is 4.41. The predicted octanol–water partition coefficient (Wildman–Crippen LogP) is 1.48. The Morgan fingerprint density at radius 2 is 2.25 bits per heavy atom. The van der Waals surface area contributed by atoms with Gasteiger partial charge in [-0.05, 0) is 32.6 Å². The normalized spacial score (nSPS) is 35.0. The predicted molar refractivity (Wildman–Crippen MR) is 46.5 cm³/mol. The third-order valence-corrected chi connectivity index (χ3v) is 3.15. The van der Waals surface area contributed by atoms with Crippen molar-refractivity contribution in [2.75, 3.05) is 13.1 Å². The molecule has 0 radical (unpaired) electrons. The first-order valence-electron chi connectivity index (χ1n) is 4.86. The average Bonchev–Trinajstić information content (AvgIpc) is 2.32. The SMILES string of the molecule is CC1(NC2CCN(F)C2)CCC1. The third kappa shape index (κ3) is 1.62. The Morgan fingerprint density at radius 1 is 1.50 bits per heavy atom. The highest BCUT2D eigenvalue weighted by molar-refractivity contribution is 4.95. The summed E-state index contributed by atoms with van der Waals surface area (Å²) in [6.07, 6.45) is 4.81. The Hall–Kier alpha value is -0.150. The molecular weight excluding hydrogens is 155 g/mol. The van der Waals surface area contributed by atoms with E-state index in [0.717, 1.165) is 11.5 Å². The largest absolute Gasteiger partial charge is 0.307 e. The van der Waals surface area contributed by atoms with E-state index < -0.39 is 0 Å². The fraction of sp³-hybridized carbons (Fsp3) is 1.00. The van der Waals surface area contributed by atoms with Gasteiger partial charge in [0.05, 0.1) is 0 Å². The molecule has 1 heterocycles. The molecule has 1 N–H and O–H groups in total. The molecule has 12 heavy (non-hydrogen) atoms. The molecule has 1 saturated heterocycles. The summed E-state index contributed by atoms with van der Waals surface area (Å²) in [6, 6.07) is 0.389. The first-order chi connectivity index (χ1) is 5.68. The second kappa shape index (κ2) is 2.96. The maximum Gasteiger partial charge on any atom is 0.0445 e. The van der Waals surface area contributed by atoms with Crippen molar-refractivity contribution in [3.63, 3.8) is 0 Å². The van der Waals surface area contributed by atoms with E-state index in [1.165, 1.54) is 19.3 Å². The molecule has 2 rings (SSSR count). The zero-order valence-electron chi connectivity index (χ0n) is 7.65. The van der Waals surface area contributed by atoms with Gasteiger partial charge in [-0.1, -0.05) is 0 Å². The quantitative estimate of drug-likeness (QED) is 0.635. The van der Waals surface area contributed by atoms with Gasteiger partial charge < -0.3 is 5.32 Å². The van der Waals surface area contributed by atoms with E-state index in [-0.39, 0.29) is 0 Å². The van der Waals surface area contributed by atoms with Crippen LogP contribution < -0.4 is 5.32 Å². The molecular formula is C9H17FN2. The van der Waals surface area contributed by atoms with Gasteiger partial charge in [0.2, 0.25) is 0 Å². The molecule has 0 spiro atoms. The molecule has 1 unspecified atom stereocenters. The van der Waals surface area contributed by atoms with E-state index in [9.17, 15) is 4.48 Å². The summed E-state index contributed by atoms with van der Waals surface area (Å²) < 4.78 is 12.7. The van der Waals surface area contributed by atoms with Crippen molar-refractivity contribution < 1.29 is 4.48 Å². The van der Waals surface area contributed by atoms with E-state index in [1.54, 1.807) is 0 Å². The molecule has 0 aromatic rings. The van der Waals surface area contributed by atoms with Crippen molar-refractivity contribution in [2.24, 2.45) is 0 Å². The van der Waals surface area contributed by atoms with Crippen molar-refractivity contribution in [3.05, 3.63) is 0 Å². The Labute approximate surface area is 73.1 Å². The lowest BCUT2D eigenvalue weighted by molar-refractivity contribution is 0.0510. The maximum absolute atomic E-state index is 12.7. The Morgan fingerprint density at radius 3 is 2.67 bits per heavy atom. The highest BCUT2D eigenvalue weighted by atomic mass is 19.2. The first kappa shape index (κ1) is 8.45. The van der Waals surface area contributed by atoms with Crippen LogP contribution in [0.25, 0.3) is 0 Å². The van der Waals surface area contributed by atoms with Gasteiger partial charge in [-0.15, -0.1) is 9.60 Å². The van der Waals surface area contributed by atoms with Gasteiger partial charge in [-0.3, -0.25) is 0 Å². The fourth-order valence-electron chi connectivity index (χ4n) is 2.18. The van der Waals surface area contributed by atoms with Gasteiger partial charge in [0.15, 0.2) is 0 Å². The second-order valence-electron chi connectivity index (χ2n) is 4.41. The summed E-state index contributed by atoms with van der Waals surface area (Å²) in [5.41, 5.74) is 0.329. The minimum absolute atomic E-state index is 0.329. The topological polar surface area (TPSA) is 15.3 Å². The number of rotatable bonds is 2. The third-order valence-electron chi connectivity index (χ3n) is 3.15. The maximum atomic E-state index is 12.7. The van der Waals surface area contributed by atoms with Crippen molar-refractivity contribution in [2.45, 2.75) is 44.2 Å². The van der Waals surface area contributed by atoms with Crippen LogP contribution in [-0.4, -0.2) is 29.8 Å². The lowest BCUT2D eigenvalue weighted by Gasteiger charge is -2.41. The van der Waals surface area contributed by atoms with E-state index in [2.05, 4.69) is 12.2 Å². The van der Waals surface area contributed by atoms with Crippen LogP contribution in [0.5, 0.6) is 0 Å². The average molecular weight is 172 g/mol. The molecule has 70 valence electrons. The van der Waals surface area contributed by atoms with Crippen LogP contribution in [0.2, 0.25) is 0 Å². The number of nitrogens with zero attached hydrogens (tertiary/aromatic N) is 1. The first-order valence-corrected chi connectivity index (χ1v) is 4.86. The van der Waals surface area contributed by atoms with E-state index >= 15 is 0 Å². The number of hydrogen-bond acceptors (Lipinski definition) is 2. The van der Waals surface area contributed by atoms with E-state index in [1.807, 2.05) is 0 Å². The van der Waals surface area contributed by atoms with Gasteiger partial charge in [-0.2, -0.15) is 0 Å². The minimum atomic E-state index is 0.329. The molecule has 3 heteroatoms. The van der Waals surface area contributed by atoms with Crippen molar-refractivity contribution in [1.29, 1.82) is 0 Å². The molecule has 0 amide bonds. The van der Waals surface area contributed by atoms with Crippen LogP contribution in [0, 0.1) is 0 Å². The lowest BCUT2D eigenvalue weighted by Crippen LogP contribution is -2.53. The molecule has 0 aromatic carbocycles.